The molecule has 6 rings (SSSR count). The van der Waals surface area contributed by atoms with E-state index in [-0.39, 0.29) is 10.5 Å². The zero-order valence-corrected chi connectivity index (χ0v) is 21.3. The van der Waals surface area contributed by atoms with Crippen molar-refractivity contribution in [1.29, 1.82) is 0 Å². The van der Waals surface area contributed by atoms with Crippen LogP contribution in [0.25, 0.3) is 10.2 Å². The van der Waals surface area contributed by atoms with E-state index >= 15 is 0 Å². The third-order valence-electron chi connectivity index (χ3n) is 7.21. The number of nitrogens with zero attached hydrogens (tertiary/aromatic N) is 2. The third-order valence-corrected chi connectivity index (χ3v) is 10.3. The second kappa shape index (κ2) is 8.88. The molecule has 2 aromatic heterocycles. The Labute approximate surface area is 207 Å². The third kappa shape index (κ3) is 4.24. The molecule has 0 spiro atoms. The number of rotatable bonds is 4. The summed E-state index contributed by atoms with van der Waals surface area (Å²) in [6.07, 6.45) is 3.09. The number of piperazine rings is 1. The Bertz CT molecular complexity index is 1440. The lowest BCUT2D eigenvalue weighted by Crippen LogP contribution is -3.13. The summed E-state index contributed by atoms with van der Waals surface area (Å²) in [6, 6.07) is 4.78. The number of aromatic nitrogens is 2. The average molecular weight is 518 g/mol. The van der Waals surface area contributed by atoms with Crippen LogP contribution < -0.4 is 19.9 Å². The molecule has 1 fully saturated rings. The van der Waals surface area contributed by atoms with Gasteiger partial charge in [0.2, 0.25) is 10.0 Å². The van der Waals surface area contributed by atoms with Crippen molar-refractivity contribution in [3.63, 3.8) is 0 Å². The summed E-state index contributed by atoms with van der Waals surface area (Å²) in [5.41, 5.74) is 1.14. The lowest BCUT2D eigenvalue weighted by atomic mass is 9.89. The molecule has 0 bridgehead atoms. The van der Waals surface area contributed by atoms with E-state index < -0.39 is 10.0 Å². The van der Waals surface area contributed by atoms with Crippen LogP contribution in [0.4, 0.5) is 0 Å². The first-order valence-electron chi connectivity index (χ1n) is 12.2. The summed E-state index contributed by atoms with van der Waals surface area (Å²) < 4.78 is 39.0. The lowest BCUT2D eigenvalue weighted by Gasteiger charge is -2.31. The van der Waals surface area contributed by atoms with Gasteiger partial charge in [-0.05, 0) is 42.9 Å². The summed E-state index contributed by atoms with van der Waals surface area (Å²) in [5, 5.41) is 0.769. The molecule has 1 saturated heterocycles. The largest absolute Gasteiger partial charge is 0.486 e. The number of nitrogens with one attached hydrogen (secondary N) is 2. The maximum absolute atomic E-state index is 13.2. The van der Waals surface area contributed by atoms with Crippen LogP contribution >= 0.6 is 11.3 Å². The number of H-pyrrole nitrogens is 1. The van der Waals surface area contributed by atoms with Gasteiger partial charge in [-0.15, -0.1) is 11.3 Å². The first kappa shape index (κ1) is 23.0. The first-order valence-corrected chi connectivity index (χ1v) is 14.4. The second-order valence-electron chi connectivity index (χ2n) is 9.68. The van der Waals surface area contributed by atoms with Gasteiger partial charge < -0.3 is 19.4 Å². The van der Waals surface area contributed by atoms with E-state index in [9.17, 15) is 13.2 Å². The van der Waals surface area contributed by atoms with Gasteiger partial charge in [0.05, 0.1) is 36.5 Å². The number of aryl methyl sites for hydroxylation is 1. The van der Waals surface area contributed by atoms with Gasteiger partial charge in [-0.1, -0.05) is 6.92 Å². The van der Waals surface area contributed by atoms with Gasteiger partial charge in [0.25, 0.3) is 5.56 Å². The monoisotopic (exact) mass is 517 g/mol. The number of ether oxygens (including phenoxy) is 2. The zero-order valence-electron chi connectivity index (χ0n) is 19.6. The summed E-state index contributed by atoms with van der Waals surface area (Å²) in [7, 11) is -3.62. The predicted molar refractivity (Wildman–Crippen MR) is 132 cm³/mol. The highest BCUT2D eigenvalue weighted by Crippen LogP contribution is 2.36. The topological polar surface area (TPSA) is 106 Å². The van der Waals surface area contributed by atoms with Crippen LogP contribution in [0.15, 0.2) is 27.9 Å². The van der Waals surface area contributed by atoms with E-state index in [1.807, 2.05) is 0 Å². The summed E-state index contributed by atoms with van der Waals surface area (Å²) >= 11 is 1.66. The van der Waals surface area contributed by atoms with Gasteiger partial charge in [0, 0.05) is 10.9 Å². The molecule has 3 aliphatic rings. The highest BCUT2D eigenvalue weighted by Gasteiger charge is 2.32. The summed E-state index contributed by atoms with van der Waals surface area (Å²) in [4.78, 5) is 24.3. The number of hydrogen-bond acceptors (Lipinski definition) is 7. The Morgan fingerprint density at radius 2 is 1.97 bits per heavy atom. The zero-order chi connectivity index (χ0) is 24.2. The molecule has 0 amide bonds. The van der Waals surface area contributed by atoms with E-state index in [1.165, 1.54) is 19.6 Å². The van der Waals surface area contributed by atoms with Gasteiger partial charge in [-0.3, -0.25) is 4.79 Å². The van der Waals surface area contributed by atoms with Crippen LogP contribution in [0.2, 0.25) is 0 Å². The quantitative estimate of drug-likeness (QED) is 0.534. The highest BCUT2D eigenvalue weighted by atomic mass is 32.2. The molecule has 0 unspecified atom stereocenters. The van der Waals surface area contributed by atoms with Crippen LogP contribution in [0.5, 0.6) is 11.5 Å². The SMILES string of the molecule is C[C@@H]1CCc2c(sc3nc(C[NH+]4CCN(S(=O)(=O)c5ccc6c(c5)OCCO6)CC4)[nH]c(=O)c23)C1. The Balaban J connectivity index is 1.15. The first-order chi connectivity index (χ1) is 16.9. The minimum absolute atomic E-state index is 0.0451. The van der Waals surface area contributed by atoms with E-state index in [0.717, 1.165) is 29.5 Å². The summed E-state index contributed by atoms with van der Waals surface area (Å²) in [5.74, 6) is 2.36. The van der Waals surface area contributed by atoms with E-state index in [0.29, 0.717) is 69.2 Å². The molecule has 35 heavy (non-hydrogen) atoms. The number of fused-ring (bicyclic) bond motifs is 4. The van der Waals surface area contributed by atoms with Gasteiger partial charge in [-0.2, -0.15) is 4.31 Å². The molecule has 3 aromatic rings. The fourth-order valence-electron chi connectivity index (χ4n) is 5.27. The predicted octanol–water partition coefficient (Wildman–Crippen LogP) is 0.970. The minimum atomic E-state index is -3.62. The minimum Gasteiger partial charge on any atom is -0.486 e. The van der Waals surface area contributed by atoms with E-state index in [2.05, 4.69) is 11.9 Å². The Hall–Kier alpha value is -2.47. The number of thiophene rings is 1. The fourth-order valence-corrected chi connectivity index (χ4v) is 8.13. The molecule has 4 heterocycles. The molecule has 9 nitrogen and oxygen atoms in total. The lowest BCUT2D eigenvalue weighted by molar-refractivity contribution is -0.917. The molecule has 1 aromatic carbocycles. The number of hydrogen-bond donors (Lipinski definition) is 2. The van der Waals surface area contributed by atoms with Gasteiger partial charge in [0.1, 0.15) is 24.6 Å². The van der Waals surface area contributed by atoms with Crippen molar-refractivity contribution in [3.8, 4) is 11.5 Å². The van der Waals surface area contributed by atoms with Crippen molar-refractivity contribution in [3.05, 3.63) is 44.8 Å². The molecule has 0 saturated carbocycles. The van der Waals surface area contributed by atoms with Crippen molar-refractivity contribution in [2.45, 2.75) is 37.6 Å². The maximum atomic E-state index is 13.2. The van der Waals surface area contributed by atoms with Crippen LogP contribution in [0, 0.1) is 5.92 Å². The number of benzene rings is 1. The normalized spacial score (nSPS) is 21.2. The van der Waals surface area contributed by atoms with Crippen molar-refractivity contribution < 1.29 is 22.8 Å². The second-order valence-corrected chi connectivity index (χ2v) is 12.7. The van der Waals surface area contributed by atoms with Crippen LogP contribution in [-0.4, -0.2) is 62.1 Å². The van der Waals surface area contributed by atoms with Crippen molar-refractivity contribution >= 4 is 31.6 Å². The Morgan fingerprint density at radius 1 is 1.20 bits per heavy atom. The smallest absolute Gasteiger partial charge is 0.260 e. The molecule has 186 valence electrons. The van der Waals surface area contributed by atoms with Crippen LogP contribution in [0.3, 0.4) is 0 Å². The molecular formula is C24H29N4O5S2+. The Morgan fingerprint density at radius 3 is 2.77 bits per heavy atom. The molecule has 0 radical (unpaired) electrons. The van der Waals surface area contributed by atoms with E-state index in [1.54, 1.807) is 29.5 Å². The Kier molecular flexibility index (Phi) is 5.82. The molecule has 1 atom stereocenters. The number of sulfonamides is 1. The molecule has 1 aliphatic carbocycles. The average Bonchev–Trinajstić information content (AvgIpc) is 3.21. The van der Waals surface area contributed by atoms with Gasteiger partial charge in [0.15, 0.2) is 17.3 Å². The summed E-state index contributed by atoms with van der Waals surface area (Å²) in [6.45, 7) is 5.80. The van der Waals surface area contributed by atoms with Crippen molar-refractivity contribution in [1.82, 2.24) is 14.3 Å². The fraction of sp³-hybridized carbons (Fsp3) is 0.500. The maximum Gasteiger partial charge on any atom is 0.260 e. The number of quaternary nitrogens is 1. The van der Waals surface area contributed by atoms with Crippen LogP contribution in [0.1, 0.15) is 29.6 Å². The van der Waals surface area contributed by atoms with Crippen LogP contribution in [-0.2, 0) is 29.4 Å². The molecule has 2 N–H and O–H groups in total. The molecule has 2 aliphatic heterocycles. The number of aromatic amines is 1. The van der Waals surface area contributed by atoms with Crippen molar-refractivity contribution in [2.24, 2.45) is 5.92 Å². The van der Waals surface area contributed by atoms with Crippen molar-refractivity contribution in [2.75, 3.05) is 39.4 Å². The molecular weight excluding hydrogens is 488 g/mol. The van der Waals surface area contributed by atoms with Gasteiger partial charge >= 0.3 is 0 Å². The molecule has 11 heteroatoms. The van der Waals surface area contributed by atoms with E-state index in [4.69, 9.17) is 14.5 Å². The van der Waals surface area contributed by atoms with Gasteiger partial charge in [-0.25, -0.2) is 13.4 Å². The standard InChI is InChI=1S/C24H28N4O5S2/c1-15-2-4-17-20(12-15)34-24-22(17)23(29)25-21(26-24)14-27-6-8-28(9-7-27)35(30,31)16-3-5-18-19(13-16)33-11-10-32-18/h3,5,13,15H,2,4,6-12,14H2,1H3,(H,25,26,29)/p+1/t15-/m1/s1. The highest BCUT2D eigenvalue weighted by molar-refractivity contribution is 7.89.